The number of nitrogens with two attached hydrogens (primary N) is 1. The SMILES string of the molecule is NCC[C@@]12CCCC[C@]1(O)CCc1c(Cl)cccc12. The second-order valence-corrected chi connectivity index (χ2v) is 6.53. The van der Waals surface area contributed by atoms with Gasteiger partial charge >= 0.3 is 0 Å². The van der Waals surface area contributed by atoms with Crippen molar-refractivity contribution >= 4 is 11.6 Å². The Balaban J connectivity index is 2.18. The lowest BCUT2D eigenvalue weighted by molar-refractivity contribution is -0.0861. The molecule has 3 N–H and O–H groups in total. The summed E-state index contributed by atoms with van der Waals surface area (Å²) in [5.74, 6) is 0. The molecular formula is C16H22ClNO. The fourth-order valence-corrected chi connectivity index (χ4v) is 4.67. The molecule has 3 rings (SSSR count). The molecule has 2 aliphatic carbocycles. The Morgan fingerprint density at radius 1 is 1.21 bits per heavy atom. The number of halogens is 1. The van der Waals surface area contributed by atoms with Gasteiger partial charge < -0.3 is 10.8 Å². The average molecular weight is 280 g/mol. The molecular weight excluding hydrogens is 258 g/mol. The smallest absolute Gasteiger partial charge is 0.0747 e. The van der Waals surface area contributed by atoms with Crippen LogP contribution in [0.25, 0.3) is 0 Å². The molecule has 0 aromatic heterocycles. The van der Waals surface area contributed by atoms with Gasteiger partial charge in [-0.2, -0.15) is 0 Å². The van der Waals surface area contributed by atoms with E-state index in [1.165, 1.54) is 17.5 Å². The molecule has 0 amide bonds. The van der Waals surface area contributed by atoms with E-state index in [1.807, 2.05) is 12.1 Å². The highest BCUT2D eigenvalue weighted by molar-refractivity contribution is 6.31. The monoisotopic (exact) mass is 279 g/mol. The normalized spacial score (nSPS) is 33.6. The van der Waals surface area contributed by atoms with Gasteiger partial charge in [-0.05, 0) is 55.8 Å². The summed E-state index contributed by atoms with van der Waals surface area (Å²) in [6, 6.07) is 6.13. The second-order valence-electron chi connectivity index (χ2n) is 6.13. The van der Waals surface area contributed by atoms with Crippen LogP contribution >= 0.6 is 11.6 Å². The number of fused-ring (bicyclic) bond motifs is 3. The summed E-state index contributed by atoms with van der Waals surface area (Å²) in [7, 11) is 0. The molecule has 0 radical (unpaired) electrons. The van der Waals surface area contributed by atoms with Crippen molar-refractivity contribution in [3.8, 4) is 0 Å². The van der Waals surface area contributed by atoms with E-state index in [-0.39, 0.29) is 5.41 Å². The summed E-state index contributed by atoms with van der Waals surface area (Å²) in [5, 5.41) is 12.1. The van der Waals surface area contributed by atoms with Crippen LogP contribution in [0.1, 0.15) is 49.7 Å². The maximum absolute atomic E-state index is 11.2. The summed E-state index contributed by atoms with van der Waals surface area (Å²) in [6.07, 6.45) is 6.80. The Hall–Kier alpha value is -0.570. The Bertz CT molecular complexity index is 486. The van der Waals surface area contributed by atoms with Gasteiger partial charge in [-0.3, -0.25) is 0 Å². The highest BCUT2D eigenvalue weighted by Gasteiger charge is 2.54. The van der Waals surface area contributed by atoms with Crippen molar-refractivity contribution in [2.24, 2.45) is 5.73 Å². The summed E-state index contributed by atoms with van der Waals surface area (Å²) in [4.78, 5) is 0. The van der Waals surface area contributed by atoms with E-state index in [0.717, 1.165) is 43.5 Å². The molecule has 2 atom stereocenters. The minimum absolute atomic E-state index is 0.168. The van der Waals surface area contributed by atoms with Crippen LogP contribution in [0.3, 0.4) is 0 Å². The molecule has 0 aliphatic heterocycles. The van der Waals surface area contributed by atoms with E-state index >= 15 is 0 Å². The lowest BCUT2D eigenvalue weighted by Gasteiger charge is -2.55. The van der Waals surface area contributed by atoms with Crippen molar-refractivity contribution in [2.75, 3.05) is 6.54 Å². The Labute approximate surface area is 120 Å². The van der Waals surface area contributed by atoms with Gasteiger partial charge in [-0.1, -0.05) is 36.6 Å². The number of hydrogen-bond donors (Lipinski definition) is 2. The Morgan fingerprint density at radius 2 is 2.00 bits per heavy atom. The Kier molecular flexibility index (Phi) is 3.36. The molecule has 0 heterocycles. The first-order valence-corrected chi connectivity index (χ1v) is 7.71. The molecule has 1 aromatic carbocycles. The van der Waals surface area contributed by atoms with Crippen LogP contribution in [0.4, 0.5) is 0 Å². The van der Waals surface area contributed by atoms with Gasteiger partial charge in [-0.15, -0.1) is 0 Å². The minimum atomic E-state index is -0.581. The van der Waals surface area contributed by atoms with Crippen LogP contribution in [0.15, 0.2) is 18.2 Å². The molecule has 0 spiro atoms. The van der Waals surface area contributed by atoms with Crippen LogP contribution in [0.5, 0.6) is 0 Å². The first-order valence-electron chi connectivity index (χ1n) is 7.33. The molecule has 19 heavy (non-hydrogen) atoms. The zero-order chi connectivity index (χ0) is 13.5. The first-order chi connectivity index (χ1) is 9.13. The molecule has 0 bridgehead atoms. The third-order valence-electron chi connectivity index (χ3n) is 5.33. The molecule has 0 saturated heterocycles. The third kappa shape index (κ3) is 1.84. The van der Waals surface area contributed by atoms with E-state index in [2.05, 4.69) is 6.07 Å². The lowest BCUT2D eigenvalue weighted by atomic mass is 9.53. The maximum Gasteiger partial charge on any atom is 0.0747 e. The molecule has 2 aliphatic rings. The topological polar surface area (TPSA) is 46.2 Å². The van der Waals surface area contributed by atoms with E-state index in [1.54, 1.807) is 0 Å². The van der Waals surface area contributed by atoms with Crippen molar-refractivity contribution in [1.82, 2.24) is 0 Å². The van der Waals surface area contributed by atoms with Crippen LogP contribution in [-0.4, -0.2) is 17.3 Å². The quantitative estimate of drug-likeness (QED) is 0.873. The minimum Gasteiger partial charge on any atom is -0.389 e. The van der Waals surface area contributed by atoms with Gasteiger partial charge in [0.1, 0.15) is 0 Å². The van der Waals surface area contributed by atoms with E-state index in [9.17, 15) is 5.11 Å². The summed E-state index contributed by atoms with van der Waals surface area (Å²) in [6.45, 7) is 0.619. The zero-order valence-electron chi connectivity index (χ0n) is 11.3. The number of hydrogen-bond acceptors (Lipinski definition) is 2. The van der Waals surface area contributed by atoms with Gasteiger partial charge in [0.15, 0.2) is 0 Å². The van der Waals surface area contributed by atoms with Gasteiger partial charge in [0, 0.05) is 10.4 Å². The largest absolute Gasteiger partial charge is 0.389 e. The number of aliphatic hydroxyl groups is 1. The fourth-order valence-electron chi connectivity index (χ4n) is 4.40. The highest BCUT2D eigenvalue weighted by atomic mass is 35.5. The predicted molar refractivity (Wildman–Crippen MR) is 78.5 cm³/mol. The zero-order valence-corrected chi connectivity index (χ0v) is 12.0. The van der Waals surface area contributed by atoms with Crippen molar-refractivity contribution in [3.05, 3.63) is 34.3 Å². The molecule has 2 nitrogen and oxygen atoms in total. The lowest BCUT2D eigenvalue weighted by Crippen LogP contribution is -2.57. The first kappa shape index (κ1) is 13.4. The van der Waals surface area contributed by atoms with Gasteiger partial charge in [-0.25, -0.2) is 0 Å². The summed E-state index contributed by atoms with van der Waals surface area (Å²) in [5.41, 5.74) is 7.62. The molecule has 104 valence electrons. The van der Waals surface area contributed by atoms with E-state index < -0.39 is 5.60 Å². The van der Waals surface area contributed by atoms with Crippen molar-refractivity contribution < 1.29 is 5.11 Å². The molecule has 0 unspecified atom stereocenters. The van der Waals surface area contributed by atoms with Gasteiger partial charge in [0.05, 0.1) is 5.60 Å². The van der Waals surface area contributed by atoms with Crippen molar-refractivity contribution in [2.45, 2.75) is 56.0 Å². The highest BCUT2D eigenvalue weighted by Crippen LogP contribution is 2.55. The predicted octanol–water partition coefficient (Wildman–Crippen LogP) is 3.18. The van der Waals surface area contributed by atoms with Crippen molar-refractivity contribution in [1.29, 1.82) is 0 Å². The van der Waals surface area contributed by atoms with Gasteiger partial charge in [0.25, 0.3) is 0 Å². The molecule has 3 heteroatoms. The molecule has 1 aromatic rings. The van der Waals surface area contributed by atoms with Crippen LogP contribution in [0, 0.1) is 0 Å². The van der Waals surface area contributed by atoms with Gasteiger partial charge in [0.2, 0.25) is 0 Å². The van der Waals surface area contributed by atoms with Crippen LogP contribution < -0.4 is 5.73 Å². The second kappa shape index (κ2) is 4.76. The number of rotatable bonds is 2. The Morgan fingerprint density at radius 3 is 2.79 bits per heavy atom. The van der Waals surface area contributed by atoms with Crippen molar-refractivity contribution in [3.63, 3.8) is 0 Å². The van der Waals surface area contributed by atoms with E-state index in [0.29, 0.717) is 6.54 Å². The fraction of sp³-hybridized carbons (Fsp3) is 0.625. The van der Waals surface area contributed by atoms with E-state index in [4.69, 9.17) is 17.3 Å². The maximum atomic E-state index is 11.2. The number of benzene rings is 1. The van der Waals surface area contributed by atoms with Crippen LogP contribution in [0.2, 0.25) is 5.02 Å². The standard InChI is InChI=1S/C16H22ClNO/c17-14-5-3-4-13-12(14)6-9-16(19)8-2-1-7-15(13,16)10-11-18/h3-5,19H,1-2,6-11,18H2/t15-,16+/m1/s1. The molecule has 1 saturated carbocycles. The summed E-state index contributed by atoms with van der Waals surface area (Å²) < 4.78 is 0. The average Bonchev–Trinajstić information content (AvgIpc) is 2.40. The van der Waals surface area contributed by atoms with Crippen LogP contribution in [-0.2, 0) is 11.8 Å². The molecule has 1 fully saturated rings. The third-order valence-corrected chi connectivity index (χ3v) is 5.68. The summed E-state index contributed by atoms with van der Waals surface area (Å²) >= 11 is 6.37.